The average molecular weight is 627 g/mol. The Kier molecular flexibility index (Phi) is 11.4. The summed E-state index contributed by atoms with van der Waals surface area (Å²) in [7, 11) is 0. The molecule has 216 valence electrons. The SMILES string of the molecule is [C-]#[N+]c1cc(-c2ccccc2)sc1Cc1cc2sc(Cc3sc(CCCCCCCCCCCC)cc3C#N)cc2s1. The normalized spacial score (nSPS) is 11.2. The number of rotatable bonds is 16. The maximum Gasteiger partial charge on any atom is 0.201 e. The quantitative estimate of drug-likeness (QED) is 0.0791. The van der Waals surface area contributed by atoms with Crippen LogP contribution in [-0.2, 0) is 19.3 Å². The van der Waals surface area contributed by atoms with Gasteiger partial charge in [0.2, 0.25) is 5.69 Å². The van der Waals surface area contributed by atoms with Crippen molar-refractivity contribution in [3.05, 3.63) is 96.0 Å². The van der Waals surface area contributed by atoms with Gasteiger partial charge in [0, 0.05) is 51.5 Å². The predicted octanol–water partition coefficient (Wildman–Crippen LogP) is 12.8. The summed E-state index contributed by atoms with van der Waals surface area (Å²) in [5.41, 5.74) is 2.80. The van der Waals surface area contributed by atoms with Crippen LogP contribution in [0.3, 0.4) is 0 Å². The summed E-state index contributed by atoms with van der Waals surface area (Å²) in [6.45, 7) is 9.96. The minimum atomic E-state index is 0.770. The van der Waals surface area contributed by atoms with Gasteiger partial charge in [-0.05, 0) is 42.7 Å². The highest BCUT2D eigenvalue weighted by Crippen LogP contribution is 2.41. The Balaban J connectivity index is 1.14. The summed E-state index contributed by atoms with van der Waals surface area (Å²) in [5.74, 6) is 0. The lowest BCUT2D eigenvalue weighted by atomic mass is 10.1. The molecule has 0 N–H and O–H groups in total. The second-order valence-corrected chi connectivity index (χ2v) is 15.7. The molecular weight excluding hydrogens is 589 g/mol. The van der Waals surface area contributed by atoms with Gasteiger partial charge in [0.1, 0.15) is 6.07 Å². The molecule has 4 aromatic heterocycles. The molecule has 0 aliphatic rings. The summed E-state index contributed by atoms with van der Waals surface area (Å²) >= 11 is 7.27. The molecule has 0 amide bonds. The van der Waals surface area contributed by atoms with Gasteiger partial charge >= 0.3 is 0 Å². The Morgan fingerprint density at radius 3 is 1.93 bits per heavy atom. The fourth-order valence-corrected chi connectivity index (χ4v) is 10.4. The lowest BCUT2D eigenvalue weighted by molar-refractivity contribution is 0.557. The molecule has 0 aliphatic carbocycles. The standard InChI is InChI=1S/C36H38N2S4/c1-3-4-5-6-7-8-9-10-11-15-18-28-19-27(25-37)32(39-28)20-29-22-35-36(40-29)23-30(41-35)21-34-31(38-2)24-33(42-34)26-16-13-12-14-17-26/h12-14,16-17,19,22-24H,3-11,15,18,20-21H2,1H3. The first-order valence-electron chi connectivity index (χ1n) is 15.2. The molecule has 0 radical (unpaired) electrons. The molecule has 0 aliphatic heterocycles. The van der Waals surface area contributed by atoms with Crippen LogP contribution >= 0.6 is 45.3 Å². The predicted molar refractivity (Wildman–Crippen MR) is 186 cm³/mol. The minimum Gasteiger partial charge on any atom is -0.237 e. The Bertz CT molecular complexity index is 1620. The zero-order valence-corrected chi connectivity index (χ0v) is 27.7. The van der Waals surface area contributed by atoms with E-state index in [1.165, 1.54) is 98.7 Å². The molecule has 6 heteroatoms. The van der Waals surface area contributed by atoms with E-state index in [9.17, 15) is 5.26 Å². The molecule has 2 nitrogen and oxygen atoms in total. The van der Waals surface area contributed by atoms with E-state index in [2.05, 4.69) is 48.2 Å². The third kappa shape index (κ3) is 8.21. The van der Waals surface area contributed by atoms with Crippen molar-refractivity contribution < 1.29 is 0 Å². The lowest BCUT2D eigenvalue weighted by Crippen LogP contribution is -1.84. The van der Waals surface area contributed by atoms with Crippen LogP contribution < -0.4 is 0 Å². The first kappa shape index (κ1) is 30.7. The number of benzene rings is 1. The van der Waals surface area contributed by atoms with Crippen molar-refractivity contribution in [3.8, 4) is 16.5 Å². The molecule has 1 aromatic carbocycles. The zero-order chi connectivity index (χ0) is 29.1. The Hall–Kier alpha value is -2.74. The van der Waals surface area contributed by atoms with E-state index in [1.807, 2.05) is 58.3 Å². The van der Waals surface area contributed by atoms with Crippen molar-refractivity contribution in [2.45, 2.75) is 90.4 Å². The van der Waals surface area contributed by atoms with Gasteiger partial charge in [-0.15, -0.1) is 34.0 Å². The van der Waals surface area contributed by atoms with Gasteiger partial charge in [-0.3, -0.25) is 0 Å². The summed E-state index contributed by atoms with van der Waals surface area (Å²) in [4.78, 5) is 11.3. The van der Waals surface area contributed by atoms with Crippen LogP contribution in [0.15, 0.2) is 54.6 Å². The van der Waals surface area contributed by atoms with E-state index in [4.69, 9.17) is 6.57 Å². The molecule has 5 rings (SSSR count). The van der Waals surface area contributed by atoms with Gasteiger partial charge in [0.05, 0.1) is 12.1 Å². The first-order chi connectivity index (χ1) is 20.7. The zero-order valence-electron chi connectivity index (χ0n) is 24.4. The molecule has 42 heavy (non-hydrogen) atoms. The Labute approximate surface area is 267 Å². The number of nitriles is 1. The van der Waals surface area contributed by atoms with Crippen molar-refractivity contribution in [3.63, 3.8) is 0 Å². The van der Waals surface area contributed by atoms with Gasteiger partial charge in [0.15, 0.2) is 0 Å². The third-order valence-electron chi connectivity index (χ3n) is 7.70. The van der Waals surface area contributed by atoms with Gasteiger partial charge < -0.3 is 0 Å². The highest BCUT2D eigenvalue weighted by Gasteiger charge is 2.16. The van der Waals surface area contributed by atoms with Gasteiger partial charge in [-0.1, -0.05) is 95.0 Å². The van der Waals surface area contributed by atoms with E-state index in [0.717, 1.165) is 40.3 Å². The molecule has 0 saturated heterocycles. The summed E-state index contributed by atoms with van der Waals surface area (Å²) in [6.07, 6.45) is 16.3. The van der Waals surface area contributed by atoms with Crippen LogP contribution in [0.1, 0.15) is 101 Å². The van der Waals surface area contributed by atoms with Crippen molar-refractivity contribution in [2.75, 3.05) is 0 Å². The van der Waals surface area contributed by atoms with E-state index in [-0.39, 0.29) is 0 Å². The molecule has 0 saturated carbocycles. The number of fused-ring (bicyclic) bond motifs is 1. The van der Waals surface area contributed by atoms with E-state index in [1.54, 1.807) is 11.3 Å². The minimum absolute atomic E-state index is 0.770. The monoisotopic (exact) mass is 626 g/mol. The number of hydrogen-bond acceptors (Lipinski definition) is 5. The van der Waals surface area contributed by atoms with Crippen LogP contribution in [0.5, 0.6) is 0 Å². The molecule has 0 fully saturated rings. The van der Waals surface area contributed by atoms with Gasteiger partial charge in [0.25, 0.3) is 0 Å². The fourth-order valence-electron chi connectivity index (χ4n) is 5.43. The van der Waals surface area contributed by atoms with Crippen LogP contribution in [0.25, 0.3) is 24.7 Å². The molecular formula is C36H38N2S4. The fraction of sp³-hybridized carbons (Fsp3) is 0.389. The summed E-state index contributed by atoms with van der Waals surface area (Å²) in [6, 6.07) is 21.6. The summed E-state index contributed by atoms with van der Waals surface area (Å²) < 4.78 is 2.63. The van der Waals surface area contributed by atoms with Crippen LogP contribution in [-0.4, -0.2) is 0 Å². The highest BCUT2D eigenvalue weighted by atomic mass is 32.1. The number of aryl methyl sites for hydroxylation is 1. The molecule has 4 heterocycles. The van der Waals surface area contributed by atoms with Crippen molar-refractivity contribution in [1.29, 1.82) is 5.26 Å². The summed E-state index contributed by atoms with van der Waals surface area (Å²) in [5, 5.41) is 9.79. The molecule has 0 spiro atoms. The number of thiophene rings is 4. The second kappa shape index (κ2) is 15.6. The molecule has 0 unspecified atom stereocenters. The van der Waals surface area contributed by atoms with Crippen LogP contribution in [0, 0.1) is 17.9 Å². The number of hydrogen-bond donors (Lipinski definition) is 0. The van der Waals surface area contributed by atoms with Crippen molar-refractivity contribution in [2.24, 2.45) is 0 Å². The topological polar surface area (TPSA) is 28.1 Å². The number of unbranched alkanes of at least 4 members (excludes halogenated alkanes) is 9. The maximum atomic E-state index is 9.79. The maximum absolute atomic E-state index is 9.79. The number of nitrogens with zero attached hydrogens (tertiary/aromatic N) is 2. The Morgan fingerprint density at radius 2 is 1.31 bits per heavy atom. The average Bonchev–Trinajstić information content (AvgIpc) is 3.77. The highest BCUT2D eigenvalue weighted by molar-refractivity contribution is 7.28. The third-order valence-corrected chi connectivity index (χ3v) is 12.4. The Morgan fingerprint density at radius 1 is 0.690 bits per heavy atom. The van der Waals surface area contributed by atoms with Crippen molar-refractivity contribution in [1.82, 2.24) is 0 Å². The molecule has 0 bridgehead atoms. The van der Waals surface area contributed by atoms with E-state index >= 15 is 0 Å². The largest absolute Gasteiger partial charge is 0.237 e. The molecule has 5 aromatic rings. The molecule has 0 atom stereocenters. The van der Waals surface area contributed by atoms with Crippen LogP contribution in [0.4, 0.5) is 5.69 Å². The van der Waals surface area contributed by atoms with Gasteiger partial charge in [-0.2, -0.15) is 16.6 Å². The van der Waals surface area contributed by atoms with E-state index in [0.29, 0.717) is 0 Å². The van der Waals surface area contributed by atoms with Crippen LogP contribution in [0.2, 0.25) is 0 Å². The van der Waals surface area contributed by atoms with Gasteiger partial charge in [-0.25, -0.2) is 4.85 Å². The second-order valence-electron chi connectivity index (χ2n) is 11.0. The smallest absolute Gasteiger partial charge is 0.201 e. The van der Waals surface area contributed by atoms with Crippen molar-refractivity contribution >= 4 is 60.4 Å². The first-order valence-corrected chi connectivity index (χ1v) is 18.5. The lowest BCUT2D eigenvalue weighted by Gasteiger charge is -2.02. The van der Waals surface area contributed by atoms with E-state index < -0.39 is 0 Å².